The highest BCUT2D eigenvalue weighted by Gasteiger charge is 2.46. The fraction of sp³-hybridized carbons (Fsp3) is 0.222. The summed E-state index contributed by atoms with van der Waals surface area (Å²) in [5.74, 6) is -1.07. The Morgan fingerprint density at radius 2 is 1.92 bits per heavy atom. The van der Waals surface area contributed by atoms with E-state index in [9.17, 15) is 14.7 Å². The summed E-state index contributed by atoms with van der Waals surface area (Å²) >= 11 is 9.33. The van der Waals surface area contributed by atoms with Gasteiger partial charge in [-0.25, -0.2) is 0 Å². The Labute approximate surface area is 153 Å². The predicted octanol–water partition coefficient (Wildman–Crippen LogP) is 4.86. The van der Waals surface area contributed by atoms with E-state index in [1.165, 1.54) is 0 Å². The second kappa shape index (κ2) is 6.57. The Morgan fingerprint density at radius 3 is 2.46 bits per heavy atom. The van der Waals surface area contributed by atoms with E-state index in [1.807, 2.05) is 0 Å². The van der Waals surface area contributed by atoms with Crippen molar-refractivity contribution in [3.63, 3.8) is 0 Å². The molecular weight excluding hydrogens is 394 g/mol. The van der Waals surface area contributed by atoms with Gasteiger partial charge in [0, 0.05) is 15.1 Å². The van der Waals surface area contributed by atoms with E-state index < -0.39 is 11.4 Å². The first-order valence-corrected chi connectivity index (χ1v) is 8.70. The molecule has 0 saturated heterocycles. The van der Waals surface area contributed by atoms with E-state index in [2.05, 4.69) is 21.2 Å². The van der Waals surface area contributed by atoms with Crippen LogP contribution in [0.2, 0.25) is 5.02 Å². The van der Waals surface area contributed by atoms with Crippen LogP contribution < -0.4 is 5.32 Å². The van der Waals surface area contributed by atoms with Crippen LogP contribution in [0, 0.1) is 0 Å². The van der Waals surface area contributed by atoms with E-state index in [0.717, 1.165) is 12.0 Å². The summed E-state index contributed by atoms with van der Waals surface area (Å²) in [6.07, 6.45) is 2.20. The third-order valence-corrected chi connectivity index (χ3v) is 5.36. The normalized spacial score (nSPS) is 15.4. The molecule has 124 valence electrons. The highest BCUT2D eigenvalue weighted by molar-refractivity contribution is 9.10. The molecule has 1 saturated carbocycles. The molecule has 2 N–H and O–H groups in total. The molecule has 0 radical (unpaired) electrons. The lowest BCUT2D eigenvalue weighted by Crippen LogP contribution is -2.42. The van der Waals surface area contributed by atoms with Crippen LogP contribution in [0.4, 0.5) is 5.69 Å². The standard InChI is InChI=1S/C18H15BrClNO3/c19-14-10-12(18(17(23)24)7-2-8-18)5-6-15(14)21-16(22)11-3-1-4-13(20)9-11/h1,3-6,9-10H,2,7-8H2,(H,21,22)(H,23,24). The molecule has 1 aliphatic rings. The van der Waals surface area contributed by atoms with Crippen LogP contribution in [-0.2, 0) is 10.2 Å². The molecule has 1 amide bonds. The molecule has 0 aliphatic heterocycles. The number of amides is 1. The molecule has 1 fully saturated rings. The molecule has 0 atom stereocenters. The van der Waals surface area contributed by atoms with Gasteiger partial charge in [-0.2, -0.15) is 0 Å². The highest BCUT2D eigenvalue weighted by atomic mass is 79.9. The van der Waals surface area contributed by atoms with Crippen molar-refractivity contribution in [2.45, 2.75) is 24.7 Å². The number of rotatable bonds is 4. The van der Waals surface area contributed by atoms with E-state index >= 15 is 0 Å². The van der Waals surface area contributed by atoms with Crippen molar-refractivity contribution >= 4 is 45.1 Å². The molecular formula is C18H15BrClNO3. The second-order valence-electron chi connectivity index (χ2n) is 5.90. The van der Waals surface area contributed by atoms with Crippen LogP contribution >= 0.6 is 27.5 Å². The SMILES string of the molecule is O=C(Nc1ccc(C2(C(=O)O)CCC2)cc1Br)c1cccc(Cl)c1. The third kappa shape index (κ3) is 3.06. The lowest BCUT2D eigenvalue weighted by molar-refractivity contribution is -0.147. The summed E-state index contributed by atoms with van der Waals surface area (Å²) in [4.78, 5) is 23.9. The third-order valence-electron chi connectivity index (χ3n) is 4.47. The Kier molecular flexibility index (Phi) is 4.65. The summed E-state index contributed by atoms with van der Waals surface area (Å²) in [5.41, 5.74) is 1.01. The van der Waals surface area contributed by atoms with Gasteiger partial charge in [0.1, 0.15) is 0 Å². The molecule has 3 rings (SSSR count). The van der Waals surface area contributed by atoms with Gasteiger partial charge in [0.05, 0.1) is 11.1 Å². The summed E-state index contributed by atoms with van der Waals surface area (Å²) in [6, 6.07) is 12.0. The van der Waals surface area contributed by atoms with Gasteiger partial charge >= 0.3 is 5.97 Å². The maximum absolute atomic E-state index is 12.3. The number of halogens is 2. The molecule has 0 unspecified atom stereocenters. The van der Waals surface area contributed by atoms with Crippen LogP contribution in [-0.4, -0.2) is 17.0 Å². The number of hydrogen-bond acceptors (Lipinski definition) is 2. The molecule has 6 heteroatoms. The number of anilines is 1. The Hall–Kier alpha value is -1.85. The zero-order chi connectivity index (χ0) is 17.3. The molecule has 0 heterocycles. The maximum atomic E-state index is 12.3. The molecule has 2 aromatic rings. The van der Waals surface area contributed by atoms with Crippen molar-refractivity contribution in [1.82, 2.24) is 0 Å². The van der Waals surface area contributed by atoms with E-state index in [-0.39, 0.29) is 5.91 Å². The first-order valence-electron chi connectivity index (χ1n) is 7.53. The lowest BCUT2D eigenvalue weighted by atomic mass is 9.64. The molecule has 4 nitrogen and oxygen atoms in total. The number of aliphatic carboxylic acids is 1. The van der Waals surface area contributed by atoms with Crippen LogP contribution in [0.3, 0.4) is 0 Å². The highest BCUT2D eigenvalue weighted by Crippen LogP contribution is 2.45. The van der Waals surface area contributed by atoms with Crippen LogP contribution in [0.25, 0.3) is 0 Å². The average Bonchev–Trinajstić information content (AvgIpc) is 2.48. The largest absolute Gasteiger partial charge is 0.481 e. The Balaban J connectivity index is 1.83. The summed E-state index contributed by atoms with van der Waals surface area (Å²) in [7, 11) is 0. The molecule has 0 spiro atoms. The van der Waals surface area contributed by atoms with Gasteiger partial charge < -0.3 is 10.4 Å². The second-order valence-corrected chi connectivity index (χ2v) is 7.19. The minimum absolute atomic E-state index is 0.275. The van der Waals surface area contributed by atoms with Crippen molar-refractivity contribution in [1.29, 1.82) is 0 Å². The topological polar surface area (TPSA) is 66.4 Å². The quantitative estimate of drug-likeness (QED) is 0.759. The fourth-order valence-electron chi connectivity index (χ4n) is 2.89. The van der Waals surface area contributed by atoms with Crippen molar-refractivity contribution < 1.29 is 14.7 Å². The zero-order valence-electron chi connectivity index (χ0n) is 12.7. The van der Waals surface area contributed by atoms with Crippen LogP contribution in [0.1, 0.15) is 35.2 Å². The molecule has 0 aromatic heterocycles. The number of carbonyl (C=O) groups is 2. The molecule has 0 bridgehead atoms. The average molecular weight is 409 g/mol. The van der Waals surface area contributed by atoms with Crippen molar-refractivity contribution in [2.24, 2.45) is 0 Å². The van der Waals surface area contributed by atoms with Crippen molar-refractivity contribution in [3.05, 3.63) is 63.1 Å². The predicted molar refractivity (Wildman–Crippen MR) is 96.7 cm³/mol. The van der Waals surface area contributed by atoms with E-state index in [4.69, 9.17) is 11.6 Å². The van der Waals surface area contributed by atoms with E-state index in [1.54, 1.807) is 42.5 Å². The summed E-state index contributed by atoms with van der Waals surface area (Å²) in [6.45, 7) is 0. The van der Waals surface area contributed by atoms with Gasteiger partial charge in [-0.3, -0.25) is 9.59 Å². The molecule has 2 aromatic carbocycles. The number of benzene rings is 2. The van der Waals surface area contributed by atoms with Gasteiger partial charge in [0.25, 0.3) is 5.91 Å². The lowest BCUT2D eigenvalue weighted by Gasteiger charge is -2.38. The van der Waals surface area contributed by atoms with E-state index in [0.29, 0.717) is 33.6 Å². The summed E-state index contributed by atoms with van der Waals surface area (Å²) < 4.78 is 0.655. The smallest absolute Gasteiger partial charge is 0.314 e. The van der Waals surface area contributed by atoms with Gasteiger partial charge in [-0.1, -0.05) is 30.2 Å². The van der Waals surface area contributed by atoms with Gasteiger partial charge in [0.15, 0.2) is 0 Å². The summed E-state index contributed by atoms with van der Waals surface area (Å²) in [5, 5.41) is 12.8. The number of carbonyl (C=O) groups excluding carboxylic acids is 1. The Morgan fingerprint density at radius 1 is 1.17 bits per heavy atom. The fourth-order valence-corrected chi connectivity index (χ4v) is 3.56. The molecule has 24 heavy (non-hydrogen) atoms. The number of carboxylic acid groups (broad SMARTS) is 1. The van der Waals surface area contributed by atoms with Crippen molar-refractivity contribution in [2.75, 3.05) is 5.32 Å². The van der Waals surface area contributed by atoms with Gasteiger partial charge in [-0.15, -0.1) is 0 Å². The number of carboxylic acids is 1. The van der Waals surface area contributed by atoms with Crippen LogP contribution in [0.5, 0.6) is 0 Å². The monoisotopic (exact) mass is 407 g/mol. The Bertz CT molecular complexity index is 818. The van der Waals surface area contributed by atoms with Gasteiger partial charge in [-0.05, 0) is 64.7 Å². The number of hydrogen-bond donors (Lipinski definition) is 2. The first kappa shape index (κ1) is 17.0. The minimum atomic E-state index is -0.795. The van der Waals surface area contributed by atoms with Crippen LogP contribution in [0.15, 0.2) is 46.9 Å². The molecule has 1 aliphatic carbocycles. The number of nitrogens with one attached hydrogen (secondary N) is 1. The minimum Gasteiger partial charge on any atom is -0.481 e. The zero-order valence-corrected chi connectivity index (χ0v) is 15.0. The maximum Gasteiger partial charge on any atom is 0.314 e. The first-order chi connectivity index (χ1) is 11.4. The van der Waals surface area contributed by atoms with Crippen molar-refractivity contribution in [3.8, 4) is 0 Å². The van der Waals surface area contributed by atoms with Gasteiger partial charge in [0.2, 0.25) is 0 Å².